The van der Waals surface area contributed by atoms with Crippen LogP contribution in [0.1, 0.15) is 25.7 Å². The second-order valence-corrected chi connectivity index (χ2v) is 5.60. The number of nitrogens with two attached hydrogens (primary N) is 1. The Balaban J connectivity index is 1.94. The number of aliphatic hydroxyl groups excluding tert-OH is 1. The molecule has 0 saturated heterocycles. The molecule has 0 radical (unpaired) electrons. The highest BCUT2D eigenvalue weighted by atomic mass is 16.5. The average Bonchev–Trinajstić information content (AvgIpc) is 2.99. The molecule has 0 aromatic heterocycles. The molecule has 0 unspecified atom stereocenters. The summed E-state index contributed by atoms with van der Waals surface area (Å²) in [6.45, 7) is 0.646. The van der Waals surface area contributed by atoms with Gasteiger partial charge in [-0.25, -0.2) is 0 Å². The summed E-state index contributed by atoms with van der Waals surface area (Å²) < 4.78 is 5.38. The van der Waals surface area contributed by atoms with Crippen LogP contribution in [0.5, 0.6) is 5.75 Å². The topological polar surface area (TPSA) is 87.8 Å². The molecule has 3 rings (SSSR count). The first-order valence-electron chi connectivity index (χ1n) is 7.42. The number of nitrogens with zero attached hydrogens (tertiary/aromatic N) is 1. The van der Waals surface area contributed by atoms with Crippen LogP contribution in [0.3, 0.4) is 0 Å². The van der Waals surface area contributed by atoms with Gasteiger partial charge in [0, 0.05) is 18.7 Å². The first-order chi connectivity index (χ1) is 10.2. The lowest BCUT2D eigenvalue weighted by Gasteiger charge is -2.32. The molecule has 1 aromatic carbocycles. The largest absolute Gasteiger partial charge is 0.482 e. The summed E-state index contributed by atoms with van der Waals surface area (Å²) in [6, 6.07) is 4.01. The van der Waals surface area contributed by atoms with Gasteiger partial charge in [-0.2, -0.15) is 0 Å². The number of ether oxygens (including phenoxy) is 1. The summed E-state index contributed by atoms with van der Waals surface area (Å²) in [4.78, 5) is 13.6. The van der Waals surface area contributed by atoms with E-state index >= 15 is 0 Å². The molecule has 1 aromatic rings. The highest BCUT2D eigenvalue weighted by Crippen LogP contribution is 2.39. The predicted octanol–water partition coefficient (Wildman–Crippen LogP) is 1.34. The van der Waals surface area contributed by atoms with Crippen LogP contribution in [0, 0.1) is 0 Å². The van der Waals surface area contributed by atoms with Gasteiger partial charge in [0.25, 0.3) is 5.91 Å². The number of aliphatic hydroxyl groups is 1. The third-order valence-electron chi connectivity index (χ3n) is 4.18. The molecule has 114 valence electrons. The van der Waals surface area contributed by atoms with Crippen LogP contribution in [0.15, 0.2) is 12.1 Å². The van der Waals surface area contributed by atoms with Gasteiger partial charge in [0.05, 0.1) is 23.7 Å². The molecular weight excluding hydrogens is 270 g/mol. The first kappa shape index (κ1) is 14.0. The number of hydrogen-bond donors (Lipinski definition) is 3. The minimum absolute atomic E-state index is 0.0226. The Kier molecular flexibility index (Phi) is 3.88. The molecule has 6 heteroatoms. The number of amides is 1. The van der Waals surface area contributed by atoms with Crippen molar-refractivity contribution in [3.63, 3.8) is 0 Å². The van der Waals surface area contributed by atoms with Crippen LogP contribution in [0.4, 0.5) is 17.1 Å². The van der Waals surface area contributed by atoms with E-state index in [1.54, 1.807) is 6.07 Å². The van der Waals surface area contributed by atoms with Crippen molar-refractivity contribution in [1.29, 1.82) is 0 Å². The van der Waals surface area contributed by atoms with Gasteiger partial charge in [-0.05, 0) is 18.9 Å². The molecule has 21 heavy (non-hydrogen) atoms. The van der Waals surface area contributed by atoms with E-state index in [4.69, 9.17) is 10.5 Å². The molecule has 0 bridgehead atoms. The maximum atomic E-state index is 11.5. The molecule has 1 fully saturated rings. The van der Waals surface area contributed by atoms with Gasteiger partial charge in [-0.15, -0.1) is 0 Å². The Hall–Kier alpha value is -1.95. The van der Waals surface area contributed by atoms with Gasteiger partial charge in [-0.1, -0.05) is 12.8 Å². The summed E-state index contributed by atoms with van der Waals surface area (Å²) in [5.41, 5.74) is 8.29. The van der Waals surface area contributed by atoms with Crippen LogP contribution in [-0.2, 0) is 4.79 Å². The van der Waals surface area contributed by atoms with Crippen molar-refractivity contribution in [3.8, 4) is 5.75 Å². The molecule has 0 atom stereocenters. The van der Waals surface area contributed by atoms with Crippen LogP contribution in [0.25, 0.3) is 0 Å². The molecule has 1 amide bonds. The smallest absolute Gasteiger partial charge is 0.262 e. The Labute approximate surface area is 123 Å². The highest BCUT2D eigenvalue weighted by Gasteiger charge is 2.26. The number of anilines is 3. The fourth-order valence-electron chi connectivity index (χ4n) is 3.20. The van der Waals surface area contributed by atoms with Gasteiger partial charge >= 0.3 is 0 Å². The standard InChI is InChI=1S/C15H21N3O3/c16-11-7-14-12(17-15(20)9-21-14)8-13(11)18(5-6-19)10-3-1-2-4-10/h7-8,10,19H,1-6,9,16H2,(H,17,20). The van der Waals surface area contributed by atoms with Gasteiger partial charge in [0.1, 0.15) is 5.75 Å². The highest BCUT2D eigenvalue weighted by molar-refractivity contribution is 5.97. The summed E-state index contributed by atoms with van der Waals surface area (Å²) in [5.74, 6) is 0.444. The van der Waals surface area contributed by atoms with E-state index in [1.165, 1.54) is 12.8 Å². The van der Waals surface area contributed by atoms with E-state index in [1.807, 2.05) is 6.07 Å². The van der Waals surface area contributed by atoms with Gasteiger partial charge in [0.15, 0.2) is 6.61 Å². The fourth-order valence-corrected chi connectivity index (χ4v) is 3.20. The van der Waals surface area contributed by atoms with E-state index in [0.29, 0.717) is 29.7 Å². The number of carbonyl (C=O) groups excluding carboxylic acids is 1. The summed E-state index contributed by atoms with van der Waals surface area (Å²) in [6.07, 6.45) is 4.63. The number of nitrogen functional groups attached to an aromatic ring is 1. The number of rotatable bonds is 4. The summed E-state index contributed by atoms with van der Waals surface area (Å²) >= 11 is 0. The van der Waals surface area contributed by atoms with Gasteiger partial charge in [-0.3, -0.25) is 4.79 Å². The lowest BCUT2D eigenvalue weighted by atomic mass is 10.1. The van der Waals surface area contributed by atoms with Crippen LogP contribution in [-0.4, -0.2) is 36.8 Å². The van der Waals surface area contributed by atoms with Crippen molar-refractivity contribution in [2.24, 2.45) is 0 Å². The van der Waals surface area contributed by atoms with Crippen molar-refractivity contribution in [1.82, 2.24) is 0 Å². The Morgan fingerprint density at radius 1 is 1.38 bits per heavy atom. The molecule has 0 spiro atoms. The first-order valence-corrected chi connectivity index (χ1v) is 7.42. The number of fused-ring (bicyclic) bond motifs is 1. The Morgan fingerprint density at radius 2 is 2.14 bits per heavy atom. The van der Waals surface area contributed by atoms with Crippen LogP contribution >= 0.6 is 0 Å². The molecule has 2 aliphatic rings. The van der Waals surface area contributed by atoms with Crippen molar-refractivity contribution in [3.05, 3.63) is 12.1 Å². The number of benzene rings is 1. The second kappa shape index (κ2) is 5.81. The Bertz CT molecular complexity index is 541. The fraction of sp³-hybridized carbons (Fsp3) is 0.533. The molecule has 1 heterocycles. The van der Waals surface area contributed by atoms with E-state index in [0.717, 1.165) is 18.5 Å². The van der Waals surface area contributed by atoms with Crippen molar-refractivity contribution < 1.29 is 14.6 Å². The maximum Gasteiger partial charge on any atom is 0.262 e. The second-order valence-electron chi connectivity index (χ2n) is 5.60. The summed E-state index contributed by atoms with van der Waals surface area (Å²) in [7, 11) is 0. The van der Waals surface area contributed by atoms with E-state index in [9.17, 15) is 9.90 Å². The molecule has 6 nitrogen and oxygen atoms in total. The minimum Gasteiger partial charge on any atom is -0.482 e. The Morgan fingerprint density at radius 3 is 2.86 bits per heavy atom. The third kappa shape index (κ3) is 2.76. The van der Waals surface area contributed by atoms with Crippen molar-refractivity contribution in [2.75, 3.05) is 35.7 Å². The molecule has 1 saturated carbocycles. The zero-order valence-electron chi connectivity index (χ0n) is 12.0. The number of nitrogens with one attached hydrogen (secondary N) is 1. The maximum absolute atomic E-state index is 11.5. The zero-order chi connectivity index (χ0) is 14.8. The molecular formula is C15H21N3O3. The van der Waals surface area contributed by atoms with Crippen molar-refractivity contribution >= 4 is 23.0 Å². The summed E-state index contributed by atoms with van der Waals surface area (Å²) in [5, 5.41) is 12.2. The van der Waals surface area contributed by atoms with Crippen LogP contribution < -0.4 is 20.7 Å². The van der Waals surface area contributed by atoms with Crippen LogP contribution in [0.2, 0.25) is 0 Å². The molecule has 1 aliphatic carbocycles. The number of carbonyl (C=O) groups is 1. The molecule has 1 aliphatic heterocycles. The predicted molar refractivity (Wildman–Crippen MR) is 81.7 cm³/mol. The lowest BCUT2D eigenvalue weighted by Crippen LogP contribution is -2.36. The van der Waals surface area contributed by atoms with Gasteiger partial charge < -0.3 is 25.8 Å². The minimum atomic E-state index is -0.159. The number of hydrogen-bond acceptors (Lipinski definition) is 5. The van der Waals surface area contributed by atoms with E-state index in [2.05, 4.69) is 10.2 Å². The lowest BCUT2D eigenvalue weighted by molar-refractivity contribution is -0.118. The third-order valence-corrected chi connectivity index (χ3v) is 4.18. The molecule has 4 N–H and O–H groups in total. The average molecular weight is 291 g/mol. The van der Waals surface area contributed by atoms with Gasteiger partial charge in [0.2, 0.25) is 0 Å². The quantitative estimate of drug-likeness (QED) is 0.729. The van der Waals surface area contributed by atoms with Crippen molar-refractivity contribution in [2.45, 2.75) is 31.7 Å². The van der Waals surface area contributed by atoms with E-state index in [-0.39, 0.29) is 19.1 Å². The zero-order valence-corrected chi connectivity index (χ0v) is 12.0. The normalized spacial score (nSPS) is 18.0. The SMILES string of the molecule is Nc1cc2c(cc1N(CCO)C1CCCC1)NC(=O)CO2. The monoisotopic (exact) mass is 291 g/mol. The van der Waals surface area contributed by atoms with E-state index < -0.39 is 0 Å².